The summed E-state index contributed by atoms with van der Waals surface area (Å²) in [4.78, 5) is 23.6. The van der Waals surface area contributed by atoms with Crippen LogP contribution in [0.5, 0.6) is 17.2 Å². The lowest BCUT2D eigenvalue weighted by molar-refractivity contribution is -0.135. The van der Waals surface area contributed by atoms with Crippen LogP contribution in [0.2, 0.25) is 0 Å². The molecule has 0 bridgehead atoms. The second-order valence-corrected chi connectivity index (χ2v) is 9.31. The number of hydrogen-bond acceptors (Lipinski definition) is 6. The van der Waals surface area contributed by atoms with Gasteiger partial charge in [0.2, 0.25) is 5.75 Å². The molecule has 0 amide bonds. The molecule has 7 nitrogen and oxygen atoms in total. The van der Waals surface area contributed by atoms with Crippen LogP contribution in [0, 0.1) is 0 Å². The minimum atomic E-state index is -0.844. The number of nitrogens with one attached hydrogen (secondary N) is 2. The van der Waals surface area contributed by atoms with E-state index in [1.807, 2.05) is 24.3 Å². The molecule has 2 atom stereocenters. The zero-order valence-electron chi connectivity index (χ0n) is 18.5. The predicted molar refractivity (Wildman–Crippen MR) is 123 cm³/mol. The zero-order valence-corrected chi connectivity index (χ0v) is 19.3. The lowest BCUT2D eigenvalue weighted by Crippen LogP contribution is -2.69. The van der Waals surface area contributed by atoms with E-state index >= 15 is 0 Å². The molecule has 2 heterocycles. The average molecular weight is 455 g/mol. The van der Waals surface area contributed by atoms with Crippen molar-refractivity contribution in [3.05, 3.63) is 53.6 Å². The molecule has 0 aliphatic carbocycles. The molecule has 2 aliphatic heterocycles. The van der Waals surface area contributed by atoms with Gasteiger partial charge in [-0.05, 0) is 37.7 Å². The van der Waals surface area contributed by atoms with E-state index in [1.54, 1.807) is 6.07 Å². The zero-order chi connectivity index (χ0) is 23.1. The number of esters is 2. The van der Waals surface area contributed by atoms with Crippen LogP contribution in [-0.4, -0.2) is 28.3 Å². The Morgan fingerprint density at radius 3 is 2.34 bits per heavy atom. The number of carbonyl (C=O) groups is 2. The number of carbonyl (C=O) groups excluding carboxylic acids is 2. The molecule has 168 valence electrons. The molecule has 1 saturated heterocycles. The molecule has 1 fully saturated rings. The molecule has 4 rings (SSSR count). The maximum Gasteiger partial charge on any atom is 0.308 e. The highest BCUT2D eigenvalue weighted by atomic mass is 32.1. The van der Waals surface area contributed by atoms with Crippen molar-refractivity contribution in [1.82, 2.24) is 10.6 Å². The summed E-state index contributed by atoms with van der Waals surface area (Å²) in [6.07, 6.45) is 1.21. The molecule has 1 spiro atoms. The van der Waals surface area contributed by atoms with Crippen LogP contribution in [0.15, 0.2) is 42.5 Å². The van der Waals surface area contributed by atoms with Crippen molar-refractivity contribution in [1.29, 1.82) is 0 Å². The Balaban J connectivity index is 1.91. The summed E-state index contributed by atoms with van der Waals surface area (Å²) in [6, 6.07) is 13.6. The predicted octanol–water partition coefficient (Wildman–Crippen LogP) is 3.79. The van der Waals surface area contributed by atoms with Crippen molar-refractivity contribution in [3.8, 4) is 17.2 Å². The quantitative estimate of drug-likeness (QED) is 0.412. The summed E-state index contributed by atoms with van der Waals surface area (Å²) >= 11 is 5.49. The van der Waals surface area contributed by atoms with E-state index in [-0.39, 0.29) is 23.0 Å². The largest absolute Gasteiger partial charge is 0.464 e. The lowest BCUT2D eigenvalue weighted by Gasteiger charge is -2.50. The normalized spacial score (nSPS) is 23.2. The number of hydrogen-bond donors (Lipinski definition) is 2. The Hall–Kier alpha value is -3.13. The van der Waals surface area contributed by atoms with Gasteiger partial charge in [0.05, 0.1) is 0 Å². The molecule has 0 saturated carbocycles. The molecular formula is C24H26N2O5S. The van der Waals surface area contributed by atoms with Gasteiger partial charge >= 0.3 is 11.9 Å². The standard InChI is InChI=1S/C24H26N2O5S/c1-14(27)29-19-11-10-17-18(16-8-6-5-7-9-16)12-24(13-23(3,4)25-22(32)26-24)31-20(17)21(19)30-15(2)28/h5-11,18H,12-13H2,1-4H3,(H2,25,26,32)/t18-,24-/m0/s1. The molecule has 32 heavy (non-hydrogen) atoms. The second kappa shape index (κ2) is 8.09. The molecule has 2 aromatic carbocycles. The third kappa shape index (κ3) is 4.41. The van der Waals surface area contributed by atoms with Crippen molar-refractivity contribution in [2.24, 2.45) is 0 Å². The SMILES string of the molecule is CC(=O)Oc1ccc2c(c1OC(C)=O)O[C@@]1(C[C@H]2c2ccccc2)CC(C)(C)NC(=S)N1. The first-order valence-electron chi connectivity index (χ1n) is 10.5. The van der Waals surface area contributed by atoms with Crippen molar-refractivity contribution in [3.63, 3.8) is 0 Å². The smallest absolute Gasteiger partial charge is 0.308 e. The Morgan fingerprint density at radius 1 is 1.03 bits per heavy atom. The van der Waals surface area contributed by atoms with Gasteiger partial charge < -0.3 is 24.8 Å². The minimum absolute atomic E-state index is 0.0650. The topological polar surface area (TPSA) is 85.9 Å². The van der Waals surface area contributed by atoms with Gasteiger partial charge in [-0.15, -0.1) is 0 Å². The van der Waals surface area contributed by atoms with Crippen LogP contribution in [0.1, 0.15) is 57.6 Å². The fourth-order valence-corrected chi connectivity index (χ4v) is 5.07. The van der Waals surface area contributed by atoms with Gasteiger partial charge in [0.1, 0.15) is 0 Å². The van der Waals surface area contributed by atoms with Gasteiger partial charge in [-0.25, -0.2) is 0 Å². The highest BCUT2D eigenvalue weighted by molar-refractivity contribution is 7.80. The molecule has 0 unspecified atom stereocenters. The van der Waals surface area contributed by atoms with Gasteiger partial charge in [-0.3, -0.25) is 9.59 Å². The Morgan fingerprint density at radius 2 is 1.72 bits per heavy atom. The van der Waals surface area contributed by atoms with Crippen molar-refractivity contribution in [2.45, 2.75) is 57.7 Å². The number of fused-ring (bicyclic) bond motifs is 1. The van der Waals surface area contributed by atoms with Crippen LogP contribution < -0.4 is 24.8 Å². The monoisotopic (exact) mass is 454 g/mol. The van der Waals surface area contributed by atoms with E-state index in [1.165, 1.54) is 13.8 Å². The Labute approximate surface area is 192 Å². The van der Waals surface area contributed by atoms with Crippen molar-refractivity contribution >= 4 is 29.3 Å². The number of rotatable bonds is 3. The van der Waals surface area contributed by atoms with Crippen molar-refractivity contribution in [2.75, 3.05) is 0 Å². The van der Waals surface area contributed by atoms with Gasteiger partial charge in [0, 0.05) is 43.7 Å². The van der Waals surface area contributed by atoms with E-state index in [0.29, 0.717) is 23.7 Å². The maximum absolute atomic E-state index is 11.9. The van der Waals surface area contributed by atoms with Crippen LogP contribution in [0.4, 0.5) is 0 Å². The van der Waals surface area contributed by atoms with E-state index < -0.39 is 17.7 Å². The highest BCUT2D eigenvalue weighted by Crippen LogP contribution is 2.53. The number of ether oxygens (including phenoxy) is 3. The summed E-state index contributed by atoms with van der Waals surface area (Å²) in [7, 11) is 0. The highest BCUT2D eigenvalue weighted by Gasteiger charge is 2.50. The van der Waals surface area contributed by atoms with Crippen molar-refractivity contribution < 1.29 is 23.8 Å². The number of benzene rings is 2. The molecule has 2 N–H and O–H groups in total. The third-order valence-corrected chi connectivity index (χ3v) is 5.74. The summed E-state index contributed by atoms with van der Waals surface area (Å²) in [5, 5.41) is 7.08. The minimum Gasteiger partial charge on any atom is -0.464 e. The molecule has 2 aromatic rings. The maximum atomic E-state index is 11.9. The van der Waals surface area contributed by atoms with Crippen LogP contribution >= 0.6 is 12.2 Å². The van der Waals surface area contributed by atoms with E-state index in [4.69, 9.17) is 26.4 Å². The Kier molecular flexibility index (Phi) is 5.58. The molecule has 0 aromatic heterocycles. The summed E-state index contributed by atoms with van der Waals surface area (Å²) in [5.74, 6) is -0.538. The molecule has 0 radical (unpaired) electrons. The summed E-state index contributed by atoms with van der Waals surface area (Å²) < 4.78 is 17.4. The lowest BCUT2D eigenvalue weighted by atomic mass is 9.77. The van der Waals surface area contributed by atoms with Gasteiger partial charge in [-0.2, -0.15) is 0 Å². The summed E-state index contributed by atoms with van der Waals surface area (Å²) in [5.41, 5.74) is 0.770. The fraction of sp³-hybridized carbons (Fsp3) is 0.375. The van der Waals surface area contributed by atoms with Gasteiger partial charge in [0.15, 0.2) is 22.3 Å². The molecule has 2 aliphatic rings. The molecular weight excluding hydrogens is 428 g/mol. The fourth-order valence-electron chi connectivity index (χ4n) is 4.61. The summed E-state index contributed by atoms with van der Waals surface area (Å²) in [6.45, 7) is 6.70. The first-order chi connectivity index (χ1) is 15.1. The van der Waals surface area contributed by atoms with E-state index in [0.717, 1.165) is 11.1 Å². The average Bonchev–Trinajstić information content (AvgIpc) is 2.67. The number of thiocarbonyl (C=S) groups is 1. The van der Waals surface area contributed by atoms with Gasteiger partial charge in [0.25, 0.3) is 0 Å². The van der Waals surface area contributed by atoms with E-state index in [2.05, 4.69) is 36.6 Å². The first kappa shape index (κ1) is 22.1. The van der Waals surface area contributed by atoms with Gasteiger partial charge in [-0.1, -0.05) is 36.4 Å². The third-order valence-electron chi connectivity index (χ3n) is 5.54. The second-order valence-electron chi connectivity index (χ2n) is 8.90. The van der Waals surface area contributed by atoms with Crippen LogP contribution in [0.25, 0.3) is 0 Å². The first-order valence-corrected chi connectivity index (χ1v) is 10.9. The molecule has 8 heteroatoms. The van der Waals surface area contributed by atoms with E-state index in [9.17, 15) is 9.59 Å². The van der Waals surface area contributed by atoms with Crippen LogP contribution in [-0.2, 0) is 9.59 Å². The van der Waals surface area contributed by atoms with Crippen LogP contribution in [0.3, 0.4) is 0 Å². The Bertz CT molecular complexity index is 1090.